The number of rotatable bonds is 7. The molecule has 1 atom stereocenters. The number of hydrogen-bond donors (Lipinski definition) is 2. The number of carbonyl (C=O) groups is 2. The Labute approximate surface area is 156 Å². The van der Waals surface area contributed by atoms with Crippen LogP contribution in [-0.4, -0.2) is 43.5 Å². The predicted molar refractivity (Wildman–Crippen MR) is 98.7 cm³/mol. The normalized spacial score (nSPS) is 11.8. The molecule has 0 spiro atoms. The molecule has 0 saturated heterocycles. The van der Waals surface area contributed by atoms with Crippen LogP contribution in [0, 0.1) is 11.6 Å². The number of likely N-dealkylation sites (N-methyl/N-ethyl adjacent to an activating group) is 1. The average molecular weight is 377 g/mol. The molecule has 0 radical (unpaired) electrons. The summed E-state index contributed by atoms with van der Waals surface area (Å²) in [5.74, 6) is -2.11. The fourth-order valence-corrected chi connectivity index (χ4v) is 2.26. The van der Waals surface area contributed by atoms with Gasteiger partial charge >= 0.3 is 0 Å². The first kappa shape index (κ1) is 20.3. The maximum Gasteiger partial charge on any atom is 0.241 e. The lowest BCUT2D eigenvalue weighted by Gasteiger charge is -2.23. The molecule has 0 aliphatic carbocycles. The molecule has 1 unspecified atom stereocenters. The zero-order valence-corrected chi connectivity index (χ0v) is 15.3. The van der Waals surface area contributed by atoms with Crippen LogP contribution in [0.1, 0.15) is 6.92 Å². The zero-order chi connectivity index (χ0) is 20.0. The van der Waals surface area contributed by atoms with Crippen LogP contribution in [0.25, 0.3) is 0 Å². The Morgan fingerprint density at radius 2 is 1.67 bits per heavy atom. The van der Waals surface area contributed by atoms with E-state index in [1.54, 1.807) is 45.3 Å². The first-order chi connectivity index (χ1) is 12.8. The molecule has 6 nitrogen and oxygen atoms in total. The van der Waals surface area contributed by atoms with Gasteiger partial charge in [0.05, 0.1) is 19.7 Å². The van der Waals surface area contributed by atoms with Crippen molar-refractivity contribution in [3.8, 4) is 5.75 Å². The Bertz CT molecular complexity index is 812. The molecular formula is C19H21F2N3O3. The van der Waals surface area contributed by atoms with Gasteiger partial charge in [-0.25, -0.2) is 8.78 Å². The van der Waals surface area contributed by atoms with E-state index in [0.717, 1.165) is 12.1 Å². The van der Waals surface area contributed by atoms with Crippen molar-refractivity contribution in [2.75, 3.05) is 31.3 Å². The SMILES string of the molecule is COc1ccc(NC(=O)CN(C)C(C)C(=O)Nc2ccc(F)c(F)c2)cc1. The van der Waals surface area contributed by atoms with Crippen LogP contribution >= 0.6 is 0 Å². The van der Waals surface area contributed by atoms with Crippen LogP contribution < -0.4 is 15.4 Å². The van der Waals surface area contributed by atoms with Gasteiger partial charge in [-0.05, 0) is 50.4 Å². The number of benzene rings is 2. The van der Waals surface area contributed by atoms with Gasteiger partial charge < -0.3 is 15.4 Å². The summed E-state index contributed by atoms with van der Waals surface area (Å²) in [7, 11) is 3.17. The van der Waals surface area contributed by atoms with E-state index in [1.165, 1.54) is 11.0 Å². The first-order valence-electron chi connectivity index (χ1n) is 8.20. The van der Waals surface area contributed by atoms with E-state index in [4.69, 9.17) is 4.74 Å². The molecule has 2 N–H and O–H groups in total. The molecule has 0 heterocycles. The molecule has 144 valence electrons. The van der Waals surface area contributed by atoms with E-state index in [1.807, 2.05) is 0 Å². The molecule has 0 saturated carbocycles. The molecule has 27 heavy (non-hydrogen) atoms. The monoisotopic (exact) mass is 377 g/mol. The minimum atomic E-state index is -1.05. The topological polar surface area (TPSA) is 70.7 Å². The summed E-state index contributed by atoms with van der Waals surface area (Å²) in [5, 5.41) is 5.22. The van der Waals surface area contributed by atoms with Crippen LogP contribution in [0.5, 0.6) is 5.75 Å². The van der Waals surface area contributed by atoms with E-state index in [2.05, 4.69) is 10.6 Å². The van der Waals surface area contributed by atoms with Crippen LogP contribution in [0.2, 0.25) is 0 Å². The molecule has 2 rings (SSSR count). The molecule has 2 aromatic rings. The highest BCUT2D eigenvalue weighted by molar-refractivity contribution is 5.96. The summed E-state index contributed by atoms with van der Waals surface area (Å²) >= 11 is 0. The number of hydrogen-bond acceptors (Lipinski definition) is 4. The second-order valence-electron chi connectivity index (χ2n) is 5.99. The average Bonchev–Trinajstić information content (AvgIpc) is 2.64. The quantitative estimate of drug-likeness (QED) is 0.779. The number of amides is 2. The van der Waals surface area contributed by atoms with Gasteiger partial charge in [0.1, 0.15) is 5.75 Å². The number of nitrogens with zero attached hydrogens (tertiary/aromatic N) is 1. The molecular weight excluding hydrogens is 356 g/mol. The van der Waals surface area contributed by atoms with Gasteiger partial charge in [0.15, 0.2) is 11.6 Å². The first-order valence-corrected chi connectivity index (χ1v) is 8.20. The Balaban J connectivity index is 1.88. The van der Waals surface area contributed by atoms with Gasteiger partial charge in [-0.15, -0.1) is 0 Å². The second kappa shape index (κ2) is 9.09. The highest BCUT2D eigenvalue weighted by atomic mass is 19.2. The highest BCUT2D eigenvalue weighted by Crippen LogP contribution is 2.16. The van der Waals surface area contributed by atoms with Gasteiger partial charge in [0, 0.05) is 17.4 Å². The molecule has 2 amide bonds. The van der Waals surface area contributed by atoms with Crippen molar-refractivity contribution in [2.45, 2.75) is 13.0 Å². The van der Waals surface area contributed by atoms with E-state index in [0.29, 0.717) is 11.4 Å². The number of nitrogens with one attached hydrogen (secondary N) is 2. The molecule has 2 aromatic carbocycles. The molecule has 0 fully saturated rings. The summed E-state index contributed by atoms with van der Waals surface area (Å²) in [6, 6.07) is 9.28. The molecule has 0 aliphatic heterocycles. The third-order valence-corrected chi connectivity index (χ3v) is 3.99. The number of ether oxygens (including phenoxy) is 1. The molecule has 8 heteroatoms. The number of halogens is 2. The van der Waals surface area contributed by atoms with Crippen LogP contribution in [0.3, 0.4) is 0 Å². The van der Waals surface area contributed by atoms with Gasteiger partial charge in [0.2, 0.25) is 11.8 Å². The maximum absolute atomic E-state index is 13.2. The van der Waals surface area contributed by atoms with E-state index in [9.17, 15) is 18.4 Å². The minimum absolute atomic E-state index is 0.0294. The standard InChI is InChI=1S/C19H21F2N3O3/c1-12(19(26)23-14-6-9-16(20)17(21)10-14)24(2)11-18(25)22-13-4-7-15(27-3)8-5-13/h4-10,12H,11H2,1-3H3,(H,22,25)(H,23,26). The lowest BCUT2D eigenvalue weighted by molar-refractivity contribution is -0.122. The van der Waals surface area contributed by atoms with Crippen molar-refractivity contribution in [2.24, 2.45) is 0 Å². The third-order valence-electron chi connectivity index (χ3n) is 3.99. The summed E-state index contributed by atoms with van der Waals surface area (Å²) in [4.78, 5) is 25.9. The Morgan fingerprint density at radius 3 is 2.26 bits per heavy atom. The fourth-order valence-electron chi connectivity index (χ4n) is 2.26. The van der Waals surface area contributed by atoms with Crippen LogP contribution in [-0.2, 0) is 9.59 Å². The molecule has 0 aliphatic rings. The lowest BCUT2D eigenvalue weighted by Crippen LogP contribution is -2.43. The van der Waals surface area contributed by atoms with Gasteiger partial charge in [-0.1, -0.05) is 0 Å². The van der Waals surface area contributed by atoms with Crippen molar-refractivity contribution in [3.05, 3.63) is 54.1 Å². The van der Waals surface area contributed by atoms with Crippen LogP contribution in [0.15, 0.2) is 42.5 Å². The predicted octanol–water partition coefficient (Wildman–Crippen LogP) is 2.87. The van der Waals surface area contributed by atoms with Crippen molar-refractivity contribution >= 4 is 23.2 Å². The molecule has 0 bridgehead atoms. The minimum Gasteiger partial charge on any atom is -0.497 e. The van der Waals surface area contributed by atoms with Crippen LogP contribution in [0.4, 0.5) is 20.2 Å². The van der Waals surface area contributed by atoms with Crippen molar-refractivity contribution in [3.63, 3.8) is 0 Å². The van der Waals surface area contributed by atoms with E-state index < -0.39 is 23.6 Å². The van der Waals surface area contributed by atoms with Crippen molar-refractivity contribution in [1.29, 1.82) is 0 Å². The smallest absolute Gasteiger partial charge is 0.241 e. The number of carbonyl (C=O) groups excluding carboxylic acids is 2. The van der Waals surface area contributed by atoms with E-state index in [-0.39, 0.29) is 18.1 Å². The maximum atomic E-state index is 13.2. The summed E-state index contributed by atoms with van der Waals surface area (Å²) in [6.07, 6.45) is 0. The summed E-state index contributed by atoms with van der Waals surface area (Å²) in [6.45, 7) is 1.58. The van der Waals surface area contributed by atoms with Gasteiger partial charge in [-0.2, -0.15) is 0 Å². The summed E-state index contributed by atoms with van der Waals surface area (Å²) < 4.78 is 31.2. The van der Waals surface area contributed by atoms with Crippen molar-refractivity contribution < 1.29 is 23.1 Å². The zero-order valence-electron chi connectivity index (χ0n) is 15.3. The Hall–Kier alpha value is -3.00. The Morgan fingerprint density at radius 1 is 1.04 bits per heavy atom. The van der Waals surface area contributed by atoms with E-state index >= 15 is 0 Å². The lowest BCUT2D eigenvalue weighted by atomic mass is 10.2. The molecule has 0 aromatic heterocycles. The summed E-state index contributed by atoms with van der Waals surface area (Å²) in [5.41, 5.74) is 0.745. The Kier molecular flexibility index (Phi) is 6.84. The number of anilines is 2. The largest absolute Gasteiger partial charge is 0.497 e. The van der Waals surface area contributed by atoms with Crippen molar-refractivity contribution in [1.82, 2.24) is 4.90 Å². The van der Waals surface area contributed by atoms with Gasteiger partial charge in [-0.3, -0.25) is 14.5 Å². The third kappa shape index (κ3) is 5.75. The fraction of sp³-hybridized carbons (Fsp3) is 0.263. The highest BCUT2D eigenvalue weighted by Gasteiger charge is 2.20. The second-order valence-corrected chi connectivity index (χ2v) is 5.99. The number of methoxy groups -OCH3 is 1. The van der Waals surface area contributed by atoms with Gasteiger partial charge in [0.25, 0.3) is 0 Å².